The van der Waals surface area contributed by atoms with Crippen LogP contribution in [0.1, 0.15) is 49.9 Å². The molecule has 0 aliphatic rings. The van der Waals surface area contributed by atoms with Crippen molar-refractivity contribution in [1.29, 1.82) is 5.26 Å². The van der Waals surface area contributed by atoms with E-state index in [1.54, 1.807) is 18.3 Å². The quantitative estimate of drug-likeness (QED) is 0.694. The summed E-state index contributed by atoms with van der Waals surface area (Å²) in [6, 6.07) is 9.56. The second kappa shape index (κ2) is 9.93. The van der Waals surface area contributed by atoms with Gasteiger partial charge in [0.25, 0.3) is 0 Å². The Kier molecular flexibility index (Phi) is 7.61. The monoisotopic (exact) mass is 368 g/mol. The van der Waals surface area contributed by atoms with E-state index in [0.717, 1.165) is 30.5 Å². The summed E-state index contributed by atoms with van der Waals surface area (Å²) in [7, 11) is 0. The van der Waals surface area contributed by atoms with Gasteiger partial charge >= 0.3 is 0 Å². The summed E-state index contributed by atoms with van der Waals surface area (Å²) >= 11 is 1.34. The maximum atomic E-state index is 12.6. The fourth-order valence-electron chi connectivity index (χ4n) is 2.36. The SMILES string of the molecule is CCCCc1ccc(C#N)c(SC(CC)C(=O)Nc2ccc(C)cn2)n1. The van der Waals surface area contributed by atoms with Crippen LogP contribution in [0.2, 0.25) is 0 Å². The molecular weight excluding hydrogens is 344 g/mol. The van der Waals surface area contributed by atoms with Crippen LogP contribution in [0.3, 0.4) is 0 Å². The van der Waals surface area contributed by atoms with Gasteiger partial charge < -0.3 is 5.32 Å². The molecule has 2 heterocycles. The lowest BCUT2D eigenvalue weighted by Gasteiger charge is -2.15. The maximum absolute atomic E-state index is 12.6. The number of carbonyl (C=O) groups is 1. The van der Waals surface area contributed by atoms with E-state index in [0.29, 0.717) is 22.8 Å². The number of amides is 1. The number of nitriles is 1. The zero-order chi connectivity index (χ0) is 18.9. The molecule has 0 bridgehead atoms. The van der Waals surface area contributed by atoms with Gasteiger partial charge in [0.05, 0.1) is 10.8 Å². The minimum Gasteiger partial charge on any atom is -0.310 e. The van der Waals surface area contributed by atoms with Crippen molar-refractivity contribution in [2.45, 2.75) is 56.7 Å². The molecule has 0 saturated heterocycles. The Morgan fingerprint density at radius 2 is 2.12 bits per heavy atom. The zero-order valence-corrected chi connectivity index (χ0v) is 16.3. The fraction of sp³-hybridized carbons (Fsp3) is 0.400. The molecule has 0 aliphatic carbocycles. The number of aromatic nitrogens is 2. The Balaban J connectivity index is 2.13. The lowest BCUT2D eigenvalue weighted by molar-refractivity contribution is -0.115. The van der Waals surface area contributed by atoms with Crippen molar-refractivity contribution < 1.29 is 4.79 Å². The predicted octanol–water partition coefficient (Wildman–Crippen LogP) is 4.51. The van der Waals surface area contributed by atoms with E-state index < -0.39 is 0 Å². The van der Waals surface area contributed by atoms with Crippen molar-refractivity contribution in [2.75, 3.05) is 5.32 Å². The normalized spacial score (nSPS) is 11.6. The molecule has 1 amide bonds. The number of pyridine rings is 2. The van der Waals surface area contributed by atoms with E-state index in [4.69, 9.17) is 0 Å². The first-order valence-corrected chi connectivity index (χ1v) is 9.75. The third-order valence-electron chi connectivity index (χ3n) is 3.90. The highest BCUT2D eigenvalue weighted by Gasteiger charge is 2.21. The zero-order valence-electron chi connectivity index (χ0n) is 15.5. The number of nitrogens with zero attached hydrogens (tertiary/aromatic N) is 3. The summed E-state index contributed by atoms with van der Waals surface area (Å²) in [5, 5.41) is 12.5. The molecule has 0 fully saturated rings. The summed E-state index contributed by atoms with van der Waals surface area (Å²) in [6.07, 6.45) is 5.38. The van der Waals surface area contributed by atoms with Crippen LogP contribution in [0.4, 0.5) is 5.82 Å². The summed E-state index contributed by atoms with van der Waals surface area (Å²) in [4.78, 5) is 21.4. The minimum absolute atomic E-state index is 0.126. The second-order valence-electron chi connectivity index (χ2n) is 6.10. The summed E-state index contributed by atoms with van der Waals surface area (Å²) in [6.45, 7) is 6.03. The molecule has 2 aromatic rings. The van der Waals surface area contributed by atoms with Crippen LogP contribution in [0, 0.1) is 18.3 Å². The summed E-state index contributed by atoms with van der Waals surface area (Å²) in [5.74, 6) is 0.406. The molecule has 6 heteroatoms. The topological polar surface area (TPSA) is 78.7 Å². The van der Waals surface area contributed by atoms with Crippen LogP contribution < -0.4 is 5.32 Å². The third-order valence-corrected chi connectivity index (χ3v) is 5.27. The fourth-order valence-corrected chi connectivity index (χ4v) is 3.37. The number of unbranched alkanes of at least 4 members (excludes halogenated alkanes) is 1. The summed E-state index contributed by atoms with van der Waals surface area (Å²) < 4.78 is 0. The molecular formula is C20H24N4OS. The first kappa shape index (κ1) is 19.9. The molecule has 26 heavy (non-hydrogen) atoms. The number of anilines is 1. The van der Waals surface area contributed by atoms with E-state index in [1.807, 2.05) is 26.0 Å². The van der Waals surface area contributed by atoms with Gasteiger partial charge in [0.2, 0.25) is 5.91 Å². The van der Waals surface area contributed by atoms with Gasteiger partial charge in [0, 0.05) is 11.9 Å². The lowest BCUT2D eigenvalue weighted by Crippen LogP contribution is -2.25. The molecule has 1 N–H and O–H groups in total. The molecule has 136 valence electrons. The van der Waals surface area contributed by atoms with Gasteiger partial charge in [-0.15, -0.1) is 0 Å². The summed E-state index contributed by atoms with van der Waals surface area (Å²) in [5.41, 5.74) is 2.51. The Morgan fingerprint density at radius 3 is 2.73 bits per heavy atom. The van der Waals surface area contributed by atoms with Gasteiger partial charge in [-0.1, -0.05) is 38.1 Å². The lowest BCUT2D eigenvalue weighted by atomic mass is 10.2. The maximum Gasteiger partial charge on any atom is 0.239 e. The predicted molar refractivity (Wildman–Crippen MR) is 105 cm³/mol. The second-order valence-corrected chi connectivity index (χ2v) is 7.29. The highest BCUT2D eigenvalue weighted by atomic mass is 32.2. The molecule has 0 aliphatic heterocycles. The van der Waals surface area contributed by atoms with Crippen molar-refractivity contribution in [3.05, 3.63) is 47.3 Å². The number of hydrogen-bond acceptors (Lipinski definition) is 5. The van der Waals surface area contributed by atoms with Crippen molar-refractivity contribution in [3.8, 4) is 6.07 Å². The van der Waals surface area contributed by atoms with Crippen LogP contribution in [0.25, 0.3) is 0 Å². The van der Waals surface area contributed by atoms with E-state index in [1.165, 1.54) is 11.8 Å². The molecule has 1 atom stereocenters. The van der Waals surface area contributed by atoms with E-state index in [9.17, 15) is 10.1 Å². The highest BCUT2D eigenvalue weighted by molar-refractivity contribution is 8.00. The van der Waals surface area contributed by atoms with Gasteiger partial charge in [-0.3, -0.25) is 4.79 Å². The average molecular weight is 369 g/mol. The molecule has 0 spiro atoms. The van der Waals surface area contributed by atoms with Crippen LogP contribution in [-0.4, -0.2) is 21.1 Å². The Morgan fingerprint density at radius 1 is 1.31 bits per heavy atom. The van der Waals surface area contributed by atoms with Crippen molar-refractivity contribution >= 4 is 23.5 Å². The van der Waals surface area contributed by atoms with Crippen LogP contribution in [-0.2, 0) is 11.2 Å². The minimum atomic E-state index is -0.334. The largest absolute Gasteiger partial charge is 0.310 e. The van der Waals surface area contributed by atoms with Crippen LogP contribution in [0.5, 0.6) is 0 Å². The molecule has 0 radical (unpaired) electrons. The number of aryl methyl sites for hydroxylation is 2. The molecule has 5 nitrogen and oxygen atoms in total. The smallest absolute Gasteiger partial charge is 0.239 e. The number of carbonyl (C=O) groups excluding carboxylic acids is 1. The molecule has 1 unspecified atom stereocenters. The molecule has 2 aromatic heterocycles. The molecule has 0 aromatic carbocycles. The number of rotatable bonds is 8. The van der Waals surface area contributed by atoms with Gasteiger partial charge in [0.1, 0.15) is 16.9 Å². The Bertz CT molecular complexity index is 783. The van der Waals surface area contributed by atoms with E-state index in [2.05, 4.69) is 28.3 Å². The first-order chi connectivity index (χ1) is 12.6. The van der Waals surface area contributed by atoms with Gasteiger partial charge in [-0.2, -0.15) is 5.26 Å². The van der Waals surface area contributed by atoms with Crippen molar-refractivity contribution in [1.82, 2.24) is 9.97 Å². The third kappa shape index (κ3) is 5.57. The standard InChI is InChI=1S/C20H24N4OS/c1-4-6-7-16-10-9-15(12-21)20(23-16)26-17(5-2)19(25)24-18-11-8-14(3)13-22-18/h8-11,13,17H,4-7H2,1-3H3,(H,22,24,25). The molecule has 2 rings (SSSR count). The molecule has 0 saturated carbocycles. The van der Waals surface area contributed by atoms with E-state index >= 15 is 0 Å². The van der Waals surface area contributed by atoms with Gasteiger partial charge in [-0.25, -0.2) is 9.97 Å². The number of thioether (sulfide) groups is 1. The average Bonchev–Trinajstić information content (AvgIpc) is 2.66. The number of nitrogens with one attached hydrogen (secondary N) is 1. The Labute approximate surface area is 159 Å². The van der Waals surface area contributed by atoms with Crippen molar-refractivity contribution in [3.63, 3.8) is 0 Å². The van der Waals surface area contributed by atoms with Gasteiger partial charge in [0.15, 0.2) is 0 Å². The van der Waals surface area contributed by atoms with Gasteiger partial charge in [-0.05, 0) is 49.9 Å². The van der Waals surface area contributed by atoms with Crippen LogP contribution >= 0.6 is 11.8 Å². The number of hydrogen-bond donors (Lipinski definition) is 1. The van der Waals surface area contributed by atoms with E-state index in [-0.39, 0.29) is 11.2 Å². The van der Waals surface area contributed by atoms with Crippen molar-refractivity contribution in [2.24, 2.45) is 0 Å². The highest BCUT2D eigenvalue weighted by Crippen LogP contribution is 2.28. The first-order valence-electron chi connectivity index (χ1n) is 8.87. The van der Waals surface area contributed by atoms with Crippen LogP contribution in [0.15, 0.2) is 35.5 Å². The Hall–Kier alpha value is -2.39.